The third-order valence-electron chi connectivity index (χ3n) is 4.94. The van der Waals surface area contributed by atoms with Crippen molar-refractivity contribution < 1.29 is 18.7 Å². The fraction of sp³-hybridized carbons (Fsp3) is 0.300. The van der Waals surface area contributed by atoms with Crippen LogP contribution in [0.5, 0.6) is 0 Å². The van der Waals surface area contributed by atoms with E-state index in [1.165, 1.54) is 13.0 Å². The van der Waals surface area contributed by atoms with Crippen LogP contribution in [0.4, 0.5) is 10.1 Å². The van der Waals surface area contributed by atoms with Crippen molar-refractivity contribution in [3.05, 3.63) is 55.7 Å². The van der Waals surface area contributed by atoms with Crippen LogP contribution in [0.3, 0.4) is 0 Å². The molecular weight excluding hydrogens is 433 g/mol. The predicted octanol–water partition coefficient (Wildman–Crippen LogP) is 3.69. The molecular formula is C20H17ClFN3O4S. The van der Waals surface area contributed by atoms with Crippen molar-refractivity contribution in [1.29, 1.82) is 0 Å². The third kappa shape index (κ3) is 3.59. The molecule has 0 radical (unpaired) electrons. The highest BCUT2D eigenvalue weighted by Crippen LogP contribution is 2.29. The summed E-state index contributed by atoms with van der Waals surface area (Å²) in [7, 11) is 0. The molecule has 0 aliphatic carbocycles. The van der Waals surface area contributed by atoms with Gasteiger partial charge in [0, 0.05) is 13.0 Å². The lowest BCUT2D eigenvalue weighted by atomic mass is 10.2. The van der Waals surface area contributed by atoms with Crippen molar-refractivity contribution in [3.8, 4) is 0 Å². The first-order chi connectivity index (χ1) is 14.3. The summed E-state index contributed by atoms with van der Waals surface area (Å²) >= 11 is 6.98. The van der Waals surface area contributed by atoms with Crippen molar-refractivity contribution in [3.63, 3.8) is 0 Å². The summed E-state index contributed by atoms with van der Waals surface area (Å²) in [6, 6.07) is 3.54. The molecule has 1 N–H and O–H groups in total. The van der Waals surface area contributed by atoms with E-state index in [9.17, 15) is 18.8 Å². The van der Waals surface area contributed by atoms with Gasteiger partial charge in [0.05, 0.1) is 16.1 Å². The number of halogens is 2. The monoisotopic (exact) mass is 449 g/mol. The van der Waals surface area contributed by atoms with E-state index in [4.69, 9.17) is 16.3 Å². The number of carbonyl (C=O) groups is 2. The maximum atomic E-state index is 13.1. The van der Waals surface area contributed by atoms with Gasteiger partial charge in [0.2, 0.25) is 0 Å². The number of anilines is 1. The van der Waals surface area contributed by atoms with Crippen molar-refractivity contribution >= 4 is 50.7 Å². The number of hydrogen-bond donors (Lipinski definition) is 1. The number of esters is 1. The number of nitrogens with one attached hydrogen (secondary N) is 1. The lowest BCUT2D eigenvalue weighted by Gasteiger charge is -2.14. The number of nitrogens with zero attached hydrogens (tertiary/aromatic N) is 2. The van der Waals surface area contributed by atoms with Crippen LogP contribution in [-0.2, 0) is 22.5 Å². The van der Waals surface area contributed by atoms with Crippen LogP contribution in [0.1, 0.15) is 34.4 Å². The Kier molecular flexibility index (Phi) is 5.33. The van der Waals surface area contributed by atoms with Crippen LogP contribution in [-0.4, -0.2) is 27.5 Å². The van der Waals surface area contributed by atoms with Gasteiger partial charge in [-0.1, -0.05) is 11.6 Å². The molecule has 0 bridgehead atoms. The van der Waals surface area contributed by atoms with E-state index in [1.807, 2.05) is 0 Å². The largest absolute Gasteiger partial charge is 0.448 e. The Hall–Kier alpha value is -2.78. The van der Waals surface area contributed by atoms with Gasteiger partial charge in [-0.3, -0.25) is 14.2 Å². The Morgan fingerprint density at radius 1 is 1.40 bits per heavy atom. The Morgan fingerprint density at radius 3 is 2.90 bits per heavy atom. The number of hydrogen-bond acceptors (Lipinski definition) is 6. The first-order valence-electron chi connectivity index (χ1n) is 9.26. The standard InChI is InChI=1S/C20H17ClFN3O4S/c1-9-15-18(24-14-4-3-7-25(14)19(15)27)30-16(9)20(28)29-10(2)17(26)23-13-6-5-11(22)8-12(13)21/h5-6,8,10H,3-4,7H2,1-2H3,(H,23,26). The average Bonchev–Trinajstić information content (AvgIpc) is 3.29. The van der Waals surface area contributed by atoms with Gasteiger partial charge in [-0.05, 0) is 44.0 Å². The molecule has 1 amide bonds. The number of aromatic nitrogens is 2. The molecule has 1 aliphatic rings. The van der Waals surface area contributed by atoms with Crippen molar-refractivity contribution in [1.82, 2.24) is 9.55 Å². The molecule has 1 aromatic carbocycles. The molecule has 0 fully saturated rings. The molecule has 1 unspecified atom stereocenters. The first-order valence-corrected chi connectivity index (χ1v) is 10.5. The number of carbonyl (C=O) groups excluding carboxylic acids is 2. The lowest BCUT2D eigenvalue weighted by Crippen LogP contribution is -2.30. The van der Waals surface area contributed by atoms with Gasteiger partial charge in [-0.2, -0.15) is 0 Å². The topological polar surface area (TPSA) is 90.3 Å². The van der Waals surface area contributed by atoms with E-state index >= 15 is 0 Å². The summed E-state index contributed by atoms with van der Waals surface area (Å²) in [5, 5.41) is 2.94. The van der Waals surface area contributed by atoms with E-state index in [0.717, 1.165) is 42.1 Å². The van der Waals surface area contributed by atoms with Crippen LogP contribution in [0.25, 0.3) is 10.2 Å². The summed E-state index contributed by atoms with van der Waals surface area (Å²) < 4.78 is 20.1. The summed E-state index contributed by atoms with van der Waals surface area (Å²) in [5.74, 6) is -1.15. The second-order valence-electron chi connectivity index (χ2n) is 6.99. The summed E-state index contributed by atoms with van der Waals surface area (Å²) in [6.07, 6.45) is 0.464. The molecule has 7 nitrogen and oxygen atoms in total. The minimum atomic E-state index is -1.14. The zero-order chi connectivity index (χ0) is 21.6. The van der Waals surface area contributed by atoms with E-state index in [-0.39, 0.29) is 21.1 Å². The Morgan fingerprint density at radius 2 is 2.17 bits per heavy atom. The smallest absolute Gasteiger partial charge is 0.349 e. The average molecular weight is 450 g/mol. The van der Waals surface area contributed by atoms with Gasteiger partial charge >= 0.3 is 5.97 Å². The maximum Gasteiger partial charge on any atom is 0.349 e. The van der Waals surface area contributed by atoms with E-state index in [2.05, 4.69) is 10.3 Å². The third-order valence-corrected chi connectivity index (χ3v) is 6.42. The number of thiophene rings is 1. The van der Waals surface area contributed by atoms with Crippen LogP contribution < -0.4 is 10.9 Å². The number of benzene rings is 1. The second-order valence-corrected chi connectivity index (χ2v) is 8.39. The van der Waals surface area contributed by atoms with E-state index < -0.39 is 23.8 Å². The summed E-state index contributed by atoms with van der Waals surface area (Å²) in [6.45, 7) is 3.70. The Bertz CT molecular complexity index is 1250. The van der Waals surface area contributed by atoms with Crippen LogP contribution in [0.2, 0.25) is 5.02 Å². The molecule has 10 heteroatoms. The Labute approximate surface area is 179 Å². The second kappa shape index (κ2) is 7.81. The predicted molar refractivity (Wildman–Crippen MR) is 112 cm³/mol. The quantitative estimate of drug-likeness (QED) is 0.613. The molecule has 30 heavy (non-hydrogen) atoms. The normalized spacial score (nSPS) is 13.9. The molecule has 0 spiro atoms. The number of ether oxygens (including phenoxy) is 1. The molecule has 156 valence electrons. The molecule has 4 rings (SSSR count). The van der Waals surface area contributed by atoms with Gasteiger partial charge in [0.15, 0.2) is 6.10 Å². The van der Waals surface area contributed by atoms with Crippen molar-refractivity contribution in [2.45, 2.75) is 39.3 Å². The van der Waals surface area contributed by atoms with Gasteiger partial charge in [-0.15, -0.1) is 11.3 Å². The molecule has 1 aliphatic heterocycles. The zero-order valence-electron chi connectivity index (χ0n) is 16.1. The van der Waals surface area contributed by atoms with Crippen LogP contribution in [0.15, 0.2) is 23.0 Å². The number of fused-ring (bicyclic) bond motifs is 2. The number of amides is 1. The number of aryl methyl sites for hydroxylation is 2. The van der Waals surface area contributed by atoms with Gasteiger partial charge in [0.25, 0.3) is 11.5 Å². The highest BCUT2D eigenvalue weighted by molar-refractivity contribution is 7.20. The fourth-order valence-corrected chi connectivity index (χ4v) is 4.65. The zero-order valence-corrected chi connectivity index (χ0v) is 17.7. The first kappa shape index (κ1) is 20.5. The lowest BCUT2D eigenvalue weighted by molar-refractivity contribution is -0.123. The molecule has 0 saturated carbocycles. The van der Waals surface area contributed by atoms with Crippen LogP contribution >= 0.6 is 22.9 Å². The molecule has 0 saturated heterocycles. The number of rotatable bonds is 4. The highest BCUT2D eigenvalue weighted by atomic mass is 35.5. The van der Waals surface area contributed by atoms with Gasteiger partial charge < -0.3 is 10.1 Å². The molecule has 1 atom stereocenters. The summed E-state index contributed by atoms with van der Waals surface area (Å²) in [4.78, 5) is 43.0. The molecule has 3 heterocycles. The summed E-state index contributed by atoms with van der Waals surface area (Å²) in [5.41, 5.74) is 0.543. The van der Waals surface area contributed by atoms with Crippen molar-refractivity contribution in [2.75, 3.05) is 5.32 Å². The Balaban J connectivity index is 1.54. The van der Waals surface area contributed by atoms with E-state index in [0.29, 0.717) is 22.3 Å². The highest BCUT2D eigenvalue weighted by Gasteiger charge is 2.26. The fourth-order valence-electron chi connectivity index (χ4n) is 3.36. The van der Waals surface area contributed by atoms with Gasteiger partial charge in [-0.25, -0.2) is 14.2 Å². The maximum absolute atomic E-state index is 13.1. The van der Waals surface area contributed by atoms with Crippen molar-refractivity contribution in [2.24, 2.45) is 0 Å². The minimum absolute atomic E-state index is 0.0295. The SMILES string of the molecule is Cc1c(C(=O)OC(C)C(=O)Nc2ccc(F)cc2Cl)sc2nc3n(c(=O)c12)CCC3. The van der Waals surface area contributed by atoms with Gasteiger partial charge in [0.1, 0.15) is 21.3 Å². The molecule has 2 aromatic heterocycles. The minimum Gasteiger partial charge on any atom is -0.448 e. The van der Waals surface area contributed by atoms with E-state index in [1.54, 1.807) is 11.5 Å². The van der Waals surface area contributed by atoms with Crippen LogP contribution in [0, 0.1) is 12.7 Å². The molecule has 3 aromatic rings.